The fourth-order valence-electron chi connectivity index (χ4n) is 10.2. The van der Waals surface area contributed by atoms with Gasteiger partial charge in [-0.25, -0.2) is 19.3 Å². The van der Waals surface area contributed by atoms with E-state index in [1.165, 1.54) is 17.3 Å². The van der Waals surface area contributed by atoms with Crippen LogP contribution in [-0.4, -0.2) is 116 Å². The van der Waals surface area contributed by atoms with Crippen LogP contribution in [-0.2, 0) is 16.6 Å². The predicted molar refractivity (Wildman–Crippen MR) is 243 cm³/mol. The fraction of sp³-hybridized carbons (Fsp3) is 0.458. The summed E-state index contributed by atoms with van der Waals surface area (Å²) in [5.41, 5.74) is 12.7. The molecule has 0 bridgehead atoms. The minimum absolute atomic E-state index is 0.110. The number of nitrogen functional groups attached to an aromatic ring is 1. The van der Waals surface area contributed by atoms with E-state index < -0.39 is 17.8 Å². The normalized spacial score (nSPS) is 21.5. The number of nitrogens with one attached hydrogen (secondary N) is 2. The Morgan fingerprint density at radius 1 is 0.921 bits per heavy atom. The molecule has 4 aromatic heterocycles. The van der Waals surface area contributed by atoms with Gasteiger partial charge in [0.2, 0.25) is 11.8 Å². The van der Waals surface area contributed by atoms with E-state index in [9.17, 15) is 14.4 Å². The van der Waals surface area contributed by atoms with Crippen LogP contribution in [0.4, 0.5) is 21.7 Å². The molecule has 8 heterocycles. The number of piperidine rings is 3. The van der Waals surface area contributed by atoms with Gasteiger partial charge in [-0.2, -0.15) is 0 Å². The number of aryl methyl sites for hydroxylation is 1. The number of benzene rings is 1. The predicted octanol–water partition coefficient (Wildman–Crippen LogP) is 5.97. The average molecular weight is 856 g/mol. The number of fused-ring (bicyclic) bond motifs is 1. The number of likely N-dealkylation sites (tertiary alicyclic amines) is 2. The number of hydrogen-bond donors (Lipinski definition) is 3. The number of nitrogens with two attached hydrogens (primary N) is 1. The minimum atomic E-state index is -0.594. The second-order valence-electron chi connectivity index (χ2n) is 18.0. The van der Waals surface area contributed by atoms with Crippen molar-refractivity contribution in [3.63, 3.8) is 0 Å². The zero-order valence-electron chi connectivity index (χ0n) is 36.5. The van der Waals surface area contributed by atoms with Crippen molar-refractivity contribution in [2.45, 2.75) is 76.4 Å². The number of halogens is 1. The van der Waals surface area contributed by atoms with Crippen molar-refractivity contribution in [3.05, 3.63) is 95.8 Å². The first-order chi connectivity index (χ1) is 30.5. The highest BCUT2D eigenvalue weighted by Crippen LogP contribution is 2.36. The number of pyridine rings is 3. The highest BCUT2D eigenvalue weighted by molar-refractivity contribution is 6.01. The molecule has 4 N–H and O–H groups in total. The molecule has 4 aliphatic rings. The lowest BCUT2D eigenvalue weighted by Gasteiger charge is -2.43. The van der Waals surface area contributed by atoms with Crippen molar-refractivity contribution in [1.29, 1.82) is 0 Å². The van der Waals surface area contributed by atoms with Gasteiger partial charge < -0.3 is 25.4 Å². The van der Waals surface area contributed by atoms with Crippen LogP contribution in [0, 0.1) is 11.7 Å². The fourth-order valence-corrected chi connectivity index (χ4v) is 10.2. The molecule has 9 rings (SSSR count). The number of amides is 3. The summed E-state index contributed by atoms with van der Waals surface area (Å²) in [4.78, 5) is 59.8. The molecule has 0 spiro atoms. The number of rotatable bonds is 10. The van der Waals surface area contributed by atoms with E-state index in [1.807, 2.05) is 52.5 Å². The Kier molecular flexibility index (Phi) is 12.1. The number of anilines is 3. The average Bonchev–Trinajstić information content (AvgIpc) is 3.64. The van der Waals surface area contributed by atoms with Crippen LogP contribution in [0.1, 0.15) is 85.9 Å². The van der Waals surface area contributed by atoms with Gasteiger partial charge in [-0.1, -0.05) is 12.1 Å². The van der Waals surface area contributed by atoms with Crippen molar-refractivity contribution in [3.8, 4) is 11.1 Å². The van der Waals surface area contributed by atoms with Crippen LogP contribution >= 0.6 is 0 Å². The first-order valence-electron chi connectivity index (χ1n) is 22.5. The van der Waals surface area contributed by atoms with Gasteiger partial charge in [0.15, 0.2) is 11.6 Å². The van der Waals surface area contributed by atoms with Crippen molar-refractivity contribution in [2.24, 2.45) is 13.0 Å². The summed E-state index contributed by atoms with van der Waals surface area (Å²) in [5.74, 6) is 0.745. The van der Waals surface area contributed by atoms with E-state index in [0.29, 0.717) is 48.7 Å². The van der Waals surface area contributed by atoms with Crippen LogP contribution < -0.4 is 21.3 Å². The highest BCUT2D eigenvalue weighted by atomic mass is 19.1. The van der Waals surface area contributed by atoms with Crippen molar-refractivity contribution in [1.82, 2.24) is 39.5 Å². The summed E-state index contributed by atoms with van der Waals surface area (Å²) in [6.45, 7) is 11.0. The van der Waals surface area contributed by atoms with E-state index in [4.69, 9.17) is 10.7 Å². The summed E-state index contributed by atoms with van der Waals surface area (Å²) < 4.78 is 17.5. The molecule has 4 saturated heterocycles. The molecule has 0 saturated carbocycles. The van der Waals surface area contributed by atoms with Gasteiger partial charge in [0.05, 0.1) is 11.9 Å². The Balaban J connectivity index is 0.726. The zero-order valence-corrected chi connectivity index (χ0v) is 36.5. The van der Waals surface area contributed by atoms with Crippen LogP contribution in [0.2, 0.25) is 0 Å². The Morgan fingerprint density at radius 2 is 1.70 bits per heavy atom. The molecule has 15 heteroatoms. The molecule has 1 aromatic carbocycles. The molecule has 4 aliphatic heterocycles. The van der Waals surface area contributed by atoms with Gasteiger partial charge in [-0.15, -0.1) is 0 Å². The van der Waals surface area contributed by atoms with Gasteiger partial charge >= 0.3 is 0 Å². The first kappa shape index (κ1) is 42.4. The minimum Gasteiger partial charge on any atom is -0.384 e. The first-order valence-corrected chi connectivity index (χ1v) is 22.5. The Bertz CT molecular complexity index is 2460. The molecule has 4 fully saturated rings. The molecule has 1 unspecified atom stereocenters. The summed E-state index contributed by atoms with van der Waals surface area (Å²) in [6.07, 6.45) is 9.90. The summed E-state index contributed by atoms with van der Waals surface area (Å²) in [5, 5.41) is 6.44. The number of aromatic nitrogens is 4. The van der Waals surface area contributed by atoms with Crippen molar-refractivity contribution < 1.29 is 18.8 Å². The molecule has 0 aliphatic carbocycles. The van der Waals surface area contributed by atoms with E-state index >= 15 is 4.39 Å². The summed E-state index contributed by atoms with van der Waals surface area (Å²) in [6, 6.07) is 17.8. The maximum atomic E-state index is 15.3. The van der Waals surface area contributed by atoms with Crippen molar-refractivity contribution in [2.75, 3.05) is 68.3 Å². The molecule has 3 atom stereocenters. The van der Waals surface area contributed by atoms with Gasteiger partial charge in [-0.05, 0) is 118 Å². The molecule has 5 aromatic rings. The van der Waals surface area contributed by atoms with Crippen LogP contribution in [0.25, 0.3) is 22.2 Å². The van der Waals surface area contributed by atoms with E-state index in [1.54, 1.807) is 6.20 Å². The third-order valence-electron chi connectivity index (χ3n) is 14.1. The molecule has 330 valence electrons. The largest absolute Gasteiger partial charge is 0.384 e. The Morgan fingerprint density at radius 3 is 2.40 bits per heavy atom. The molecular weight excluding hydrogens is 798 g/mol. The number of carbonyl (C=O) groups excluding carboxylic acids is 3. The topological polar surface area (TPSA) is 158 Å². The monoisotopic (exact) mass is 855 g/mol. The second kappa shape index (κ2) is 18.0. The smallest absolute Gasteiger partial charge is 0.253 e. The van der Waals surface area contributed by atoms with Gasteiger partial charge in [0.25, 0.3) is 5.91 Å². The third kappa shape index (κ3) is 8.99. The van der Waals surface area contributed by atoms with E-state index in [2.05, 4.69) is 74.1 Å². The quantitative estimate of drug-likeness (QED) is 0.142. The molecule has 63 heavy (non-hydrogen) atoms. The number of carbonyl (C=O) groups is 3. The Labute approximate surface area is 368 Å². The lowest BCUT2D eigenvalue weighted by atomic mass is 9.88. The van der Waals surface area contributed by atoms with Crippen LogP contribution in [0.15, 0.2) is 73.2 Å². The van der Waals surface area contributed by atoms with E-state index in [-0.39, 0.29) is 30.3 Å². The molecule has 3 amide bonds. The SMILES string of the molecule is C[C@H]1CN(c2ncc(NC3CCC(=O)NC3=O)cc2F)CCN1CC1CCN(C(=O)c2ccc(C3CCN([C@@H](C)c4cc5c(-c6ccc(N)nc6)ccnc5n4C)CC3)cc2)CC1. The molecular formula is C48H58FN11O3. The van der Waals surface area contributed by atoms with Crippen LogP contribution in [0.3, 0.4) is 0 Å². The number of nitrogens with zero attached hydrogens (tertiary/aromatic N) is 8. The van der Waals surface area contributed by atoms with Crippen molar-refractivity contribution >= 4 is 46.1 Å². The number of imide groups is 1. The van der Waals surface area contributed by atoms with Gasteiger partial charge in [0.1, 0.15) is 17.5 Å². The molecule has 0 radical (unpaired) electrons. The lowest BCUT2D eigenvalue weighted by molar-refractivity contribution is -0.133. The van der Waals surface area contributed by atoms with Gasteiger partial charge in [0, 0.05) is 105 Å². The van der Waals surface area contributed by atoms with Gasteiger partial charge in [-0.3, -0.25) is 29.5 Å². The summed E-state index contributed by atoms with van der Waals surface area (Å²) in [7, 11) is 2.11. The molecule has 14 nitrogen and oxygen atoms in total. The maximum Gasteiger partial charge on any atom is 0.253 e. The number of piperazine rings is 1. The summed E-state index contributed by atoms with van der Waals surface area (Å²) >= 11 is 0. The maximum absolute atomic E-state index is 15.3. The Hall–Kier alpha value is -5.93. The second-order valence-corrected chi connectivity index (χ2v) is 18.0. The van der Waals surface area contributed by atoms with E-state index in [0.717, 1.165) is 92.7 Å². The third-order valence-corrected chi connectivity index (χ3v) is 14.1. The van der Waals surface area contributed by atoms with Crippen LogP contribution in [0.5, 0.6) is 0 Å². The lowest BCUT2D eigenvalue weighted by Crippen LogP contribution is -2.54. The zero-order chi connectivity index (χ0) is 43.8. The highest BCUT2D eigenvalue weighted by Gasteiger charge is 2.32. The standard InChI is InChI=1S/C48H58FN11O3/c1-30-28-60(46-40(49)24-37(27-53-46)54-41-9-11-44(61)55-47(41)62)23-22-59(30)29-32-13-18-58(19-14-32)48(63)35-6-4-33(5-7-35)34-15-20-57(21-16-34)31(2)42-25-39-38(12-17-51-45(39)56(42)3)36-8-10-43(50)52-26-36/h4-8,10,12,17,24-27,30-32,34,41,54H,9,11,13-16,18-23,28-29H2,1-3H3,(H2,50,52)(H,55,61,62)/t30-,31-,41?/m0/s1. The number of hydrogen-bond acceptors (Lipinski definition) is 11.